The average molecular weight is 383 g/mol. The van der Waals surface area contributed by atoms with Crippen molar-refractivity contribution in [3.63, 3.8) is 0 Å². The highest BCUT2D eigenvalue weighted by Crippen LogP contribution is 2.60. The molecular formula is C24H34N2O2. The summed E-state index contributed by atoms with van der Waals surface area (Å²) in [5, 5.41) is 14.4. The van der Waals surface area contributed by atoms with Gasteiger partial charge in [0.2, 0.25) is 5.91 Å². The zero-order valence-corrected chi connectivity index (χ0v) is 17.6. The number of rotatable bonds is 3. The standard InChI is InChI=1S/C24H34N2O2/c1-15-7-16(2)21(17(3)8-15)25-22(27)20-5-4-6-26(20)23-10-18-9-19(11-23)13-24(28,12-18)14-23/h7-8,18-20,28H,4-6,9-14H2,1-3H3,(H,25,27)/t18-,19-,20-,23?,24?/m0/s1. The topological polar surface area (TPSA) is 52.6 Å². The number of anilines is 1. The van der Waals surface area contributed by atoms with Crippen LogP contribution in [0.25, 0.3) is 0 Å². The van der Waals surface area contributed by atoms with Gasteiger partial charge in [0.25, 0.3) is 0 Å². The number of carbonyl (C=O) groups is 1. The minimum Gasteiger partial charge on any atom is -0.390 e. The molecule has 1 aromatic carbocycles. The first kappa shape index (κ1) is 18.6. The molecule has 0 aromatic heterocycles. The van der Waals surface area contributed by atoms with Gasteiger partial charge in [-0.15, -0.1) is 0 Å². The van der Waals surface area contributed by atoms with E-state index in [1.807, 2.05) is 0 Å². The molecule has 1 saturated heterocycles. The van der Waals surface area contributed by atoms with Crippen LogP contribution in [0.4, 0.5) is 5.69 Å². The molecule has 1 aliphatic heterocycles. The normalized spacial score (nSPS) is 39.5. The molecule has 1 amide bonds. The van der Waals surface area contributed by atoms with E-state index in [0.717, 1.165) is 55.5 Å². The van der Waals surface area contributed by atoms with Crippen LogP contribution in [0.15, 0.2) is 12.1 Å². The highest BCUT2D eigenvalue weighted by Gasteiger charge is 2.60. The van der Waals surface area contributed by atoms with Crippen LogP contribution >= 0.6 is 0 Å². The van der Waals surface area contributed by atoms with Crippen LogP contribution in [0, 0.1) is 32.6 Å². The molecule has 3 atom stereocenters. The molecule has 4 aliphatic carbocycles. The average Bonchev–Trinajstić information content (AvgIpc) is 3.06. The number of benzene rings is 1. The number of amides is 1. The number of nitrogens with zero attached hydrogens (tertiary/aromatic N) is 1. The second-order valence-electron chi connectivity index (χ2n) is 10.5. The number of nitrogens with one attached hydrogen (secondary N) is 1. The molecule has 5 fully saturated rings. The van der Waals surface area contributed by atoms with Gasteiger partial charge in [0.15, 0.2) is 0 Å². The number of carbonyl (C=O) groups excluding carboxylic acids is 1. The third-order valence-corrected chi connectivity index (χ3v) is 8.09. The molecule has 4 saturated carbocycles. The molecule has 152 valence electrons. The lowest BCUT2D eigenvalue weighted by molar-refractivity contribution is -0.179. The Morgan fingerprint density at radius 2 is 1.75 bits per heavy atom. The largest absolute Gasteiger partial charge is 0.390 e. The Hall–Kier alpha value is -1.39. The fourth-order valence-electron chi connectivity index (χ4n) is 7.69. The maximum Gasteiger partial charge on any atom is 0.241 e. The van der Waals surface area contributed by atoms with E-state index in [1.165, 1.54) is 24.8 Å². The number of hydrogen-bond acceptors (Lipinski definition) is 3. The minimum absolute atomic E-state index is 0.0503. The van der Waals surface area contributed by atoms with Crippen molar-refractivity contribution in [3.05, 3.63) is 28.8 Å². The summed E-state index contributed by atoms with van der Waals surface area (Å²) in [5.41, 5.74) is 4.06. The zero-order valence-electron chi connectivity index (χ0n) is 17.6. The second-order valence-corrected chi connectivity index (χ2v) is 10.5. The molecule has 1 aromatic rings. The van der Waals surface area contributed by atoms with Gasteiger partial charge in [-0.25, -0.2) is 0 Å². The van der Waals surface area contributed by atoms with Crippen LogP contribution in [0.3, 0.4) is 0 Å². The quantitative estimate of drug-likeness (QED) is 0.828. The van der Waals surface area contributed by atoms with E-state index in [4.69, 9.17) is 0 Å². The predicted octanol–water partition coefficient (Wildman–Crippen LogP) is 4.10. The van der Waals surface area contributed by atoms with Crippen LogP contribution in [0.1, 0.15) is 68.1 Å². The molecule has 0 unspecified atom stereocenters. The summed E-state index contributed by atoms with van der Waals surface area (Å²) >= 11 is 0. The van der Waals surface area contributed by atoms with Crippen molar-refractivity contribution in [1.82, 2.24) is 4.90 Å². The summed E-state index contributed by atoms with van der Waals surface area (Å²) in [7, 11) is 0. The van der Waals surface area contributed by atoms with E-state index in [9.17, 15) is 9.90 Å². The van der Waals surface area contributed by atoms with Gasteiger partial charge in [-0.3, -0.25) is 9.69 Å². The smallest absolute Gasteiger partial charge is 0.241 e. The SMILES string of the molecule is Cc1cc(C)c(NC(=O)[C@@H]2CCCN2C23C[C@@H]4C[C@H](CC(O)(C4)C2)C3)c(C)c1. The summed E-state index contributed by atoms with van der Waals surface area (Å²) in [6, 6.07) is 4.23. The van der Waals surface area contributed by atoms with Crippen LogP contribution in [0.2, 0.25) is 0 Å². The minimum atomic E-state index is -0.474. The summed E-state index contributed by atoms with van der Waals surface area (Å²) < 4.78 is 0. The highest BCUT2D eigenvalue weighted by atomic mass is 16.3. The maximum absolute atomic E-state index is 13.4. The molecular weight excluding hydrogens is 348 g/mol. The van der Waals surface area contributed by atoms with E-state index in [1.54, 1.807) is 0 Å². The summed E-state index contributed by atoms with van der Waals surface area (Å²) in [4.78, 5) is 15.9. The van der Waals surface area contributed by atoms with E-state index >= 15 is 0 Å². The van der Waals surface area contributed by atoms with Crippen molar-refractivity contribution in [2.24, 2.45) is 11.8 Å². The molecule has 4 heteroatoms. The Kier molecular flexibility index (Phi) is 4.19. The first-order valence-electron chi connectivity index (χ1n) is 11.1. The van der Waals surface area contributed by atoms with Crippen molar-refractivity contribution in [1.29, 1.82) is 0 Å². The van der Waals surface area contributed by atoms with Gasteiger partial charge in [0, 0.05) is 11.2 Å². The molecule has 28 heavy (non-hydrogen) atoms. The van der Waals surface area contributed by atoms with E-state index in [2.05, 4.69) is 43.1 Å². The van der Waals surface area contributed by atoms with E-state index < -0.39 is 5.60 Å². The maximum atomic E-state index is 13.4. The van der Waals surface area contributed by atoms with Gasteiger partial charge in [0.05, 0.1) is 11.6 Å². The Balaban J connectivity index is 1.40. The Labute approximate surface area is 168 Å². The molecule has 2 N–H and O–H groups in total. The predicted molar refractivity (Wildman–Crippen MR) is 111 cm³/mol. The first-order chi connectivity index (χ1) is 13.3. The van der Waals surface area contributed by atoms with Crippen molar-refractivity contribution in [2.75, 3.05) is 11.9 Å². The van der Waals surface area contributed by atoms with Gasteiger partial charge in [-0.1, -0.05) is 17.7 Å². The van der Waals surface area contributed by atoms with E-state index in [-0.39, 0.29) is 17.5 Å². The molecule has 6 rings (SSSR count). The van der Waals surface area contributed by atoms with Gasteiger partial charge in [-0.2, -0.15) is 0 Å². The number of hydrogen-bond donors (Lipinski definition) is 2. The van der Waals surface area contributed by atoms with Gasteiger partial charge < -0.3 is 10.4 Å². The molecule has 4 nitrogen and oxygen atoms in total. The first-order valence-corrected chi connectivity index (χ1v) is 11.1. The summed E-state index contributed by atoms with van der Waals surface area (Å²) in [5.74, 6) is 1.45. The van der Waals surface area contributed by atoms with Crippen molar-refractivity contribution in [3.8, 4) is 0 Å². The van der Waals surface area contributed by atoms with Crippen LogP contribution < -0.4 is 5.32 Å². The monoisotopic (exact) mass is 382 g/mol. The van der Waals surface area contributed by atoms with Crippen molar-refractivity contribution in [2.45, 2.75) is 89.3 Å². The fraction of sp³-hybridized carbons (Fsp3) is 0.708. The number of likely N-dealkylation sites (tertiary alicyclic amines) is 1. The van der Waals surface area contributed by atoms with Crippen molar-refractivity contribution < 1.29 is 9.90 Å². The van der Waals surface area contributed by atoms with Crippen LogP contribution in [0.5, 0.6) is 0 Å². The Bertz CT molecular complexity index is 780. The second kappa shape index (κ2) is 6.30. The molecule has 4 bridgehead atoms. The summed E-state index contributed by atoms with van der Waals surface area (Å²) in [6.07, 6.45) is 8.51. The Morgan fingerprint density at radius 1 is 1.11 bits per heavy atom. The molecule has 1 heterocycles. The fourth-order valence-corrected chi connectivity index (χ4v) is 7.69. The van der Waals surface area contributed by atoms with Gasteiger partial charge >= 0.3 is 0 Å². The third-order valence-electron chi connectivity index (χ3n) is 8.09. The lowest BCUT2D eigenvalue weighted by Crippen LogP contribution is -2.67. The lowest BCUT2D eigenvalue weighted by atomic mass is 9.50. The highest BCUT2D eigenvalue weighted by molar-refractivity contribution is 5.96. The number of aliphatic hydroxyl groups is 1. The Morgan fingerprint density at radius 3 is 2.36 bits per heavy atom. The van der Waals surface area contributed by atoms with Gasteiger partial charge in [0.1, 0.15) is 0 Å². The third kappa shape index (κ3) is 2.91. The van der Waals surface area contributed by atoms with Crippen LogP contribution in [-0.2, 0) is 4.79 Å². The molecule has 0 spiro atoms. The molecule has 0 radical (unpaired) electrons. The van der Waals surface area contributed by atoms with Crippen molar-refractivity contribution >= 4 is 11.6 Å². The van der Waals surface area contributed by atoms with Crippen LogP contribution in [-0.4, -0.2) is 39.6 Å². The molecule has 5 aliphatic rings. The number of aryl methyl sites for hydroxylation is 3. The summed E-state index contributed by atoms with van der Waals surface area (Å²) in [6.45, 7) is 7.26. The lowest BCUT2D eigenvalue weighted by Gasteiger charge is -2.63. The zero-order chi connectivity index (χ0) is 19.7. The van der Waals surface area contributed by atoms with E-state index in [0.29, 0.717) is 11.8 Å². The van der Waals surface area contributed by atoms with Gasteiger partial charge in [-0.05, 0) is 102 Å².